The summed E-state index contributed by atoms with van der Waals surface area (Å²) in [4.78, 5) is 18.9. The highest BCUT2D eigenvalue weighted by atomic mass is 32.2. The highest BCUT2D eigenvalue weighted by molar-refractivity contribution is 7.99. The minimum atomic E-state index is -3.88. The van der Waals surface area contributed by atoms with E-state index < -0.39 is 10.0 Å². The SMILES string of the molecule is CCN(Cc1ccccc1)C(=O)CSc1nc2cc(S(=O)(=O)Nc3ccccc3OC)ccc2o1. The molecule has 3 aromatic carbocycles. The van der Waals surface area contributed by atoms with Crippen molar-refractivity contribution in [1.29, 1.82) is 0 Å². The molecule has 0 aliphatic carbocycles. The van der Waals surface area contributed by atoms with Crippen molar-refractivity contribution in [3.05, 3.63) is 78.4 Å². The van der Waals surface area contributed by atoms with Gasteiger partial charge in [-0.1, -0.05) is 54.2 Å². The Hall–Kier alpha value is -3.50. The number of thioether (sulfide) groups is 1. The Bertz CT molecular complexity index is 1420. The lowest BCUT2D eigenvalue weighted by molar-refractivity contribution is -0.128. The number of hydrogen-bond acceptors (Lipinski definition) is 7. The van der Waals surface area contributed by atoms with Gasteiger partial charge in [0.2, 0.25) is 5.91 Å². The molecule has 182 valence electrons. The van der Waals surface area contributed by atoms with Gasteiger partial charge in [-0.05, 0) is 42.8 Å². The standard InChI is InChI=1S/C25H25N3O5S2/c1-3-28(16-18-9-5-4-6-10-18)24(29)17-34-25-26-21-15-19(13-14-23(21)33-25)35(30,31)27-20-11-7-8-12-22(20)32-2/h4-15,27H,3,16-17H2,1-2H3. The van der Waals surface area contributed by atoms with E-state index in [0.717, 1.165) is 5.56 Å². The van der Waals surface area contributed by atoms with Gasteiger partial charge in [0.25, 0.3) is 15.2 Å². The Kier molecular flexibility index (Phi) is 7.62. The molecule has 35 heavy (non-hydrogen) atoms. The third kappa shape index (κ3) is 5.95. The van der Waals surface area contributed by atoms with E-state index in [4.69, 9.17) is 9.15 Å². The summed E-state index contributed by atoms with van der Waals surface area (Å²) in [7, 11) is -2.41. The van der Waals surface area contributed by atoms with Gasteiger partial charge < -0.3 is 14.1 Å². The number of sulfonamides is 1. The fourth-order valence-corrected chi connectivity index (χ4v) is 5.27. The number of methoxy groups -OCH3 is 1. The quantitative estimate of drug-likeness (QED) is 0.306. The highest BCUT2D eigenvalue weighted by Gasteiger charge is 2.19. The molecule has 1 heterocycles. The van der Waals surface area contributed by atoms with Gasteiger partial charge in [0, 0.05) is 13.1 Å². The number of benzene rings is 3. The average Bonchev–Trinajstić information content (AvgIpc) is 3.29. The molecule has 0 saturated heterocycles. The number of anilines is 1. The fourth-order valence-electron chi connectivity index (χ4n) is 3.44. The molecule has 0 fully saturated rings. The Balaban J connectivity index is 1.45. The molecule has 0 radical (unpaired) electrons. The van der Waals surface area contributed by atoms with Gasteiger partial charge in [-0.3, -0.25) is 9.52 Å². The molecular formula is C25H25N3O5S2. The molecule has 0 aliphatic rings. The summed E-state index contributed by atoms with van der Waals surface area (Å²) in [5, 5.41) is 0.302. The summed E-state index contributed by atoms with van der Waals surface area (Å²) in [6.45, 7) is 3.05. The third-order valence-corrected chi connectivity index (χ3v) is 7.45. The van der Waals surface area contributed by atoms with Crippen LogP contribution < -0.4 is 9.46 Å². The zero-order valence-corrected chi connectivity index (χ0v) is 20.9. The van der Waals surface area contributed by atoms with Crippen LogP contribution in [0.1, 0.15) is 12.5 Å². The second-order valence-electron chi connectivity index (χ2n) is 7.60. The van der Waals surface area contributed by atoms with Crippen molar-refractivity contribution in [2.24, 2.45) is 0 Å². The van der Waals surface area contributed by atoms with E-state index in [9.17, 15) is 13.2 Å². The zero-order valence-electron chi connectivity index (χ0n) is 19.3. The maximum atomic E-state index is 12.9. The normalized spacial score (nSPS) is 11.4. The Morgan fingerprint density at radius 2 is 1.83 bits per heavy atom. The van der Waals surface area contributed by atoms with Crippen molar-refractivity contribution in [3.8, 4) is 5.75 Å². The topological polar surface area (TPSA) is 102 Å². The van der Waals surface area contributed by atoms with Crippen LogP contribution in [0.15, 0.2) is 87.3 Å². The van der Waals surface area contributed by atoms with Crippen LogP contribution in [0.2, 0.25) is 0 Å². The van der Waals surface area contributed by atoms with Gasteiger partial charge >= 0.3 is 0 Å². The number of amides is 1. The smallest absolute Gasteiger partial charge is 0.262 e. The first-order valence-corrected chi connectivity index (χ1v) is 13.4. The molecule has 0 saturated carbocycles. The first kappa shape index (κ1) is 24.6. The second kappa shape index (κ2) is 10.8. The van der Waals surface area contributed by atoms with E-state index in [1.807, 2.05) is 37.3 Å². The average molecular weight is 512 g/mol. The second-order valence-corrected chi connectivity index (χ2v) is 10.2. The minimum absolute atomic E-state index is 0.0344. The summed E-state index contributed by atoms with van der Waals surface area (Å²) < 4.78 is 39.3. The lowest BCUT2D eigenvalue weighted by Gasteiger charge is -2.20. The van der Waals surface area contributed by atoms with Gasteiger partial charge in [-0.15, -0.1) is 0 Å². The van der Waals surface area contributed by atoms with Gasteiger partial charge in [-0.25, -0.2) is 13.4 Å². The van der Waals surface area contributed by atoms with Gasteiger partial charge in [-0.2, -0.15) is 0 Å². The summed E-state index contributed by atoms with van der Waals surface area (Å²) >= 11 is 1.18. The van der Waals surface area contributed by atoms with Crippen LogP contribution in [0.25, 0.3) is 11.1 Å². The summed E-state index contributed by atoms with van der Waals surface area (Å²) in [5.41, 5.74) is 2.22. The number of para-hydroxylation sites is 2. The molecule has 1 aromatic heterocycles. The van der Waals surface area contributed by atoms with Gasteiger partial charge in [0.05, 0.1) is 23.4 Å². The fraction of sp³-hybridized carbons (Fsp3) is 0.200. The number of aromatic nitrogens is 1. The lowest BCUT2D eigenvalue weighted by atomic mass is 10.2. The number of carbonyl (C=O) groups excluding carboxylic acids is 1. The largest absolute Gasteiger partial charge is 0.495 e. The first-order valence-electron chi connectivity index (χ1n) is 10.9. The molecule has 1 amide bonds. The minimum Gasteiger partial charge on any atom is -0.495 e. The number of ether oxygens (including phenoxy) is 1. The van der Waals surface area contributed by atoms with E-state index in [-0.39, 0.29) is 16.6 Å². The van der Waals surface area contributed by atoms with Crippen molar-refractivity contribution < 1.29 is 22.4 Å². The van der Waals surface area contributed by atoms with Crippen molar-refractivity contribution in [3.63, 3.8) is 0 Å². The molecule has 4 rings (SSSR count). The monoisotopic (exact) mass is 511 g/mol. The molecule has 0 spiro atoms. The Morgan fingerprint density at radius 3 is 2.57 bits per heavy atom. The Morgan fingerprint density at radius 1 is 1.09 bits per heavy atom. The maximum Gasteiger partial charge on any atom is 0.262 e. The van der Waals surface area contributed by atoms with E-state index in [1.165, 1.54) is 31.0 Å². The number of fused-ring (bicyclic) bond motifs is 1. The van der Waals surface area contributed by atoms with E-state index in [0.29, 0.717) is 40.8 Å². The maximum absolute atomic E-state index is 12.9. The predicted molar refractivity (Wildman–Crippen MR) is 136 cm³/mol. The van der Waals surface area contributed by atoms with E-state index in [1.54, 1.807) is 35.2 Å². The van der Waals surface area contributed by atoms with E-state index in [2.05, 4.69) is 9.71 Å². The van der Waals surface area contributed by atoms with Crippen LogP contribution in [0, 0.1) is 0 Å². The van der Waals surface area contributed by atoms with Crippen LogP contribution in [-0.4, -0.2) is 43.6 Å². The molecule has 0 atom stereocenters. The first-order chi connectivity index (χ1) is 16.9. The third-order valence-electron chi connectivity index (χ3n) is 5.27. The number of rotatable bonds is 10. The van der Waals surface area contributed by atoms with Crippen molar-refractivity contribution in [2.75, 3.05) is 24.1 Å². The number of carbonyl (C=O) groups is 1. The molecule has 0 unspecified atom stereocenters. The molecule has 8 nitrogen and oxygen atoms in total. The van der Waals surface area contributed by atoms with Crippen molar-refractivity contribution in [2.45, 2.75) is 23.6 Å². The number of oxazole rings is 1. The molecule has 0 aliphatic heterocycles. The van der Waals surface area contributed by atoms with Crippen LogP contribution in [0.4, 0.5) is 5.69 Å². The predicted octanol–water partition coefficient (Wildman–Crippen LogP) is 4.78. The van der Waals surface area contributed by atoms with Crippen LogP contribution >= 0.6 is 11.8 Å². The van der Waals surface area contributed by atoms with Crippen molar-refractivity contribution >= 4 is 44.5 Å². The molecule has 10 heteroatoms. The number of hydrogen-bond donors (Lipinski definition) is 1. The number of nitrogens with one attached hydrogen (secondary N) is 1. The highest BCUT2D eigenvalue weighted by Crippen LogP contribution is 2.29. The molecular weight excluding hydrogens is 486 g/mol. The summed E-state index contributed by atoms with van der Waals surface area (Å²) in [6, 6.07) is 21.0. The zero-order chi connectivity index (χ0) is 24.8. The van der Waals surface area contributed by atoms with Gasteiger partial charge in [0.1, 0.15) is 11.3 Å². The molecule has 0 bridgehead atoms. The Labute approximate surface area is 208 Å². The summed E-state index contributed by atoms with van der Waals surface area (Å²) in [6.07, 6.45) is 0. The van der Waals surface area contributed by atoms with Crippen LogP contribution in [0.5, 0.6) is 5.75 Å². The van der Waals surface area contributed by atoms with Crippen LogP contribution in [0.3, 0.4) is 0 Å². The summed E-state index contributed by atoms with van der Waals surface area (Å²) in [5.74, 6) is 0.539. The molecule has 4 aromatic rings. The number of nitrogens with zero attached hydrogens (tertiary/aromatic N) is 2. The van der Waals surface area contributed by atoms with Gasteiger partial charge in [0.15, 0.2) is 5.58 Å². The van der Waals surface area contributed by atoms with Crippen molar-refractivity contribution in [1.82, 2.24) is 9.88 Å². The van der Waals surface area contributed by atoms with Crippen LogP contribution in [-0.2, 0) is 21.4 Å². The van der Waals surface area contributed by atoms with E-state index >= 15 is 0 Å². The molecule has 1 N–H and O–H groups in total. The lowest BCUT2D eigenvalue weighted by Crippen LogP contribution is -2.31.